The van der Waals surface area contributed by atoms with Crippen LogP contribution < -0.4 is 4.90 Å². The molecule has 9 heteroatoms. The van der Waals surface area contributed by atoms with E-state index in [0.29, 0.717) is 10.9 Å². The molecule has 2 aromatic heterocycles. The largest absolute Gasteiger partial charge is 0.416 e. The van der Waals surface area contributed by atoms with Crippen LogP contribution in [0, 0.1) is 13.1 Å². The van der Waals surface area contributed by atoms with Gasteiger partial charge in [-0.15, -0.1) is 5.11 Å². The summed E-state index contributed by atoms with van der Waals surface area (Å²) in [5.41, 5.74) is 3.04. The van der Waals surface area contributed by atoms with Gasteiger partial charge in [0.1, 0.15) is 5.69 Å². The minimum atomic E-state index is 0.0328. The third-order valence-electron chi connectivity index (χ3n) is 5.46. The van der Waals surface area contributed by atoms with Crippen molar-refractivity contribution in [3.05, 3.63) is 52.7 Å². The number of thiazole rings is 1. The smallest absolute Gasteiger partial charge is 0.373 e. The fourth-order valence-electron chi connectivity index (χ4n) is 3.24. The van der Waals surface area contributed by atoms with Crippen LogP contribution in [-0.2, 0) is 7.05 Å². The van der Waals surface area contributed by atoms with Gasteiger partial charge in [0.05, 0.1) is 7.05 Å². The van der Waals surface area contributed by atoms with Crippen molar-refractivity contribution < 1.29 is 0 Å². The molecule has 0 spiro atoms. The number of benzene rings is 1. The summed E-state index contributed by atoms with van der Waals surface area (Å²) < 4.78 is 1.48. The van der Waals surface area contributed by atoms with Gasteiger partial charge in [0, 0.05) is 18.7 Å². The molecule has 164 valence electrons. The van der Waals surface area contributed by atoms with Crippen LogP contribution >= 0.6 is 11.3 Å². The van der Waals surface area contributed by atoms with Gasteiger partial charge in [-0.05, 0) is 31.7 Å². The first-order valence-electron chi connectivity index (χ1n) is 10.6. The fraction of sp³-hybridized carbons (Fsp3) is 0.391. The van der Waals surface area contributed by atoms with E-state index in [-0.39, 0.29) is 17.6 Å². The predicted molar refractivity (Wildman–Crippen MR) is 130 cm³/mol. The molecule has 3 aromatic rings. The van der Waals surface area contributed by atoms with Crippen LogP contribution in [0.1, 0.15) is 45.6 Å². The summed E-state index contributed by atoms with van der Waals surface area (Å²) in [6, 6.07) is 8.44. The summed E-state index contributed by atoms with van der Waals surface area (Å²) in [5, 5.41) is 10.3. The minimum absolute atomic E-state index is 0.0328. The number of rotatable bonds is 8. The Morgan fingerprint density at radius 2 is 1.75 bits per heavy atom. The molecule has 0 N–H and O–H groups in total. The normalized spacial score (nSPS) is 12.0. The first-order chi connectivity index (χ1) is 15.5. The SMILES string of the molecule is [C-]#[N+]c1nc(/N=N/c2sc(N(CC)CC)nc2-c2ccc(C(C)CC)cc2)n(C)c1[N+]#[C-]. The van der Waals surface area contributed by atoms with Gasteiger partial charge < -0.3 is 14.6 Å². The Morgan fingerprint density at radius 1 is 1.06 bits per heavy atom. The molecule has 1 atom stereocenters. The molecule has 1 aromatic carbocycles. The minimum Gasteiger partial charge on any atom is -0.373 e. The zero-order chi connectivity index (χ0) is 23.3. The summed E-state index contributed by atoms with van der Waals surface area (Å²) in [6.45, 7) is 24.8. The Morgan fingerprint density at radius 3 is 2.28 bits per heavy atom. The molecule has 0 saturated carbocycles. The van der Waals surface area contributed by atoms with Gasteiger partial charge in [-0.25, -0.2) is 9.55 Å². The van der Waals surface area contributed by atoms with Crippen LogP contribution in [0.5, 0.6) is 0 Å². The first kappa shape index (κ1) is 23.1. The van der Waals surface area contributed by atoms with Gasteiger partial charge >= 0.3 is 5.95 Å². The molecule has 0 fully saturated rings. The standard InChI is InChI=1S/C23H26N8S/c1-8-15(4)16-11-13-17(14-12-16)18-21(32-23(26-18)31(9-2)10-3)28-29-22-27-19(24-5)20(25-6)30(22)7/h11-15H,8-10H2,1-4,7H3/b29-28+. The van der Waals surface area contributed by atoms with Gasteiger partial charge in [0.25, 0.3) is 11.6 Å². The quantitative estimate of drug-likeness (QED) is 0.267. The number of azo groups is 1. The highest BCUT2D eigenvalue weighted by atomic mass is 32.1. The van der Waals surface area contributed by atoms with E-state index in [9.17, 15) is 0 Å². The second kappa shape index (κ2) is 10.2. The van der Waals surface area contributed by atoms with Crippen molar-refractivity contribution in [2.45, 2.75) is 40.0 Å². The van der Waals surface area contributed by atoms with Crippen molar-refractivity contribution in [1.29, 1.82) is 0 Å². The lowest BCUT2D eigenvalue weighted by atomic mass is 9.97. The van der Waals surface area contributed by atoms with Crippen molar-refractivity contribution in [3.63, 3.8) is 0 Å². The molecule has 0 saturated heterocycles. The predicted octanol–water partition coefficient (Wildman–Crippen LogP) is 7.42. The van der Waals surface area contributed by atoms with Gasteiger partial charge in [0.15, 0.2) is 10.1 Å². The molecule has 0 radical (unpaired) electrons. The molecule has 0 aliphatic rings. The summed E-state index contributed by atoms with van der Waals surface area (Å²) in [7, 11) is 1.66. The van der Waals surface area contributed by atoms with Crippen LogP contribution in [-0.4, -0.2) is 27.6 Å². The number of hydrogen-bond donors (Lipinski definition) is 0. The maximum Gasteiger partial charge on any atom is 0.416 e. The van der Waals surface area contributed by atoms with Gasteiger partial charge in [-0.1, -0.05) is 72.7 Å². The lowest BCUT2D eigenvalue weighted by molar-refractivity contribution is 0.734. The van der Waals surface area contributed by atoms with E-state index < -0.39 is 0 Å². The third-order valence-corrected chi connectivity index (χ3v) is 6.46. The maximum atomic E-state index is 7.27. The zero-order valence-corrected chi connectivity index (χ0v) is 19.8. The van der Waals surface area contributed by atoms with E-state index in [0.717, 1.165) is 35.9 Å². The average Bonchev–Trinajstić information content (AvgIpc) is 3.38. The summed E-state index contributed by atoms with van der Waals surface area (Å²) >= 11 is 1.47. The molecule has 2 heterocycles. The van der Waals surface area contributed by atoms with Crippen LogP contribution in [0.25, 0.3) is 20.9 Å². The third kappa shape index (κ3) is 4.53. The highest BCUT2D eigenvalue weighted by Crippen LogP contribution is 2.41. The van der Waals surface area contributed by atoms with Crippen molar-refractivity contribution >= 4 is 39.1 Å². The van der Waals surface area contributed by atoms with E-state index in [1.54, 1.807) is 7.05 Å². The Kier molecular flexibility index (Phi) is 7.34. The number of hydrogen-bond acceptors (Lipinski definition) is 6. The monoisotopic (exact) mass is 446 g/mol. The first-order valence-corrected chi connectivity index (χ1v) is 11.4. The molecular weight excluding hydrogens is 420 g/mol. The highest BCUT2D eigenvalue weighted by Gasteiger charge is 2.21. The van der Waals surface area contributed by atoms with Gasteiger partial charge in [-0.2, -0.15) is 0 Å². The van der Waals surface area contributed by atoms with E-state index in [4.69, 9.17) is 18.1 Å². The van der Waals surface area contributed by atoms with E-state index >= 15 is 0 Å². The Balaban J connectivity index is 2.05. The van der Waals surface area contributed by atoms with Gasteiger partial charge in [-0.3, -0.25) is 0 Å². The second-order valence-electron chi connectivity index (χ2n) is 7.30. The van der Waals surface area contributed by atoms with E-state index in [2.05, 4.69) is 81.8 Å². The molecule has 32 heavy (non-hydrogen) atoms. The molecule has 0 aliphatic carbocycles. The molecular formula is C23H26N8S. The number of aromatic nitrogens is 3. The van der Waals surface area contributed by atoms with Crippen LogP contribution in [0.4, 0.5) is 27.7 Å². The van der Waals surface area contributed by atoms with E-state index in [1.165, 1.54) is 21.5 Å². The molecule has 0 bridgehead atoms. The zero-order valence-electron chi connectivity index (χ0n) is 19.0. The fourth-order valence-corrected chi connectivity index (χ4v) is 4.27. The topological polar surface area (TPSA) is 67.4 Å². The maximum absolute atomic E-state index is 7.27. The Hall–Kier alpha value is -3.56. The second-order valence-corrected chi connectivity index (χ2v) is 8.25. The average molecular weight is 447 g/mol. The molecule has 0 amide bonds. The molecule has 8 nitrogen and oxygen atoms in total. The van der Waals surface area contributed by atoms with Crippen LogP contribution in [0.2, 0.25) is 0 Å². The van der Waals surface area contributed by atoms with Crippen molar-refractivity contribution in [1.82, 2.24) is 14.5 Å². The summed E-state index contributed by atoms with van der Waals surface area (Å²) in [5.74, 6) is 0.910. The summed E-state index contributed by atoms with van der Waals surface area (Å²) in [6.07, 6.45) is 1.09. The number of imidazole rings is 1. The number of nitrogens with zero attached hydrogens (tertiary/aromatic N) is 8. The van der Waals surface area contributed by atoms with Crippen molar-refractivity contribution in [2.75, 3.05) is 18.0 Å². The van der Waals surface area contributed by atoms with E-state index in [1.807, 2.05) is 0 Å². The Labute approximate surface area is 192 Å². The van der Waals surface area contributed by atoms with Crippen molar-refractivity contribution in [3.8, 4) is 11.3 Å². The van der Waals surface area contributed by atoms with Crippen LogP contribution in [0.15, 0.2) is 34.5 Å². The van der Waals surface area contributed by atoms with Crippen LogP contribution in [0.3, 0.4) is 0 Å². The van der Waals surface area contributed by atoms with Gasteiger partial charge in [0.2, 0.25) is 0 Å². The number of anilines is 1. The Bertz CT molecular complexity index is 1190. The molecule has 3 rings (SSSR count). The lowest BCUT2D eigenvalue weighted by Gasteiger charge is -2.16. The lowest BCUT2D eigenvalue weighted by Crippen LogP contribution is -2.21. The van der Waals surface area contributed by atoms with Crippen molar-refractivity contribution in [2.24, 2.45) is 17.3 Å². The molecule has 0 aliphatic heterocycles. The highest BCUT2D eigenvalue weighted by molar-refractivity contribution is 7.19. The summed E-state index contributed by atoms with van der Waals surface area (Å²) in [4.78, 5) is 17.9. The molecule has 1 unspecified atom stereocenters.